The molecule has 1 aliphatic heterocycles. The van der Waals surface area contributed by atoms with Gasteiger partial charge in [0.25, 0.3) is 5.91 Å². The number of para-hydroxylation sites is 2. The van der Waals surface area contributed by atoms with Crippen molar-refractivity contribution in [3.8, 4) is 11.5 Å². The van der Waals surface area contributed by atoms with Gasteiger partial charge in [-0.15, -0.1) is 0 Å². The number of hydrogen-bond donors (Lipinski definition) is 2. The van der Waals surface area contributed by atoms with Crippen molar-refractivity contribution in [3.05, 3.63) is 52.5 Å². The van der Waals surface area contributed by atoms with Crippen LogP contribution in [0.3, 0.4) is 0 Å². The molecule has 1 heterocycles. The molecule has 30 heavy (non-hydrogen) atoms. The van der Waals surface area contributed by atoms with E-state index in [-0.39, 0.29) is 17.1 Å². The van der Waals surface area contributed by atoms with Crippen LogP contribution >= 0.6 is 28.1 Å². The van der Waals surface area contributed by atoms with Crippen LogP contribution < -0.4 is 20.1 Å². The van der Waals surface area contributed by atoms with Crippen molar-refractivity contribution in [1.29, 1.82) is 0 Å². The van der Waals surface area contributed by atoms with Crippen LogP contribution in [-0.2, 0) is 4.74 Å². The smallest absolute Gasteiger partial charge is 0.261 e. The Labute approximate surface area is 190 Å². The van der Waals surface area contributed by atoms with E-state index in [9.17, 15) is 4.79 Å². The lowest BCUT2D eigenvalue weighted by Gasteiger charge is -2.17. The minimum atomic E-state index is -0.349. The van der Waals surface area contributed by atoms with Crippen molar-refractivity contribution in [1.82, 2.24) is 5.32 Å². The van der Waals surface area contributed by atoms with Gasteiger partial charge in [0.15, 0.2) is 5.11 Å². The van der Waals surface area contributed by atoms with Crippen molar-refractivity contribution >= 4 is 44.9 Å². The minimum Gasteiger partial charge on any atom is -0.493 e. The molecule has 1 amide bonds. The second kappa shape index (κ2) is 11.3. The van der Waals surface area contributed by atoms with Crippen LogP contribution in [0.25, 0.3) is 0 Å². The Balaban J connectivity index is 1.63. The number of ether oxygens (including phenoxy) is 3. The lowest BCUT2D eigenvalue weighted by Crippen LogP contribution is -2.34. The highest BCUT2D eigenvalue weighted by molar-refractivity contribution is 9.10. The molecule has 1 atom stereocenters. The number of halogens is 1. The summed E-state index contributed by atoms with van der Waals surface area (Å²) in [7, 11) is 0. The average Bonchev–Trinajstić information content (AvgIpc) is 3.25. The average molecular weight is 493 g/mol. The zero-order chi connectivity index (χ0) is 21.3. The van der Waals surface area contributed by atoms with Crippen LogP contribution in [0, 0.1) is 0 Å². The van der Waals surface area contributed by atoms with Gasteiger partial charge in [-0.1, -0.05) is 35.0 Å². The minimum absolute atomic E-state index is 0.114. The molecule has 0 aliphatic carbocycles. The van der Waals surface area contributed by atoms with E-state index >= 15 is 0 Å². The number of benzene rings is 2. The molecule has 0 radical (unpaired) electrons. The van der Waals surface area contributed by atoms with Gasteiger partial charge in [-0.2, -0.15) is 0 Å². The van der Waals surface area contributed by atoms with Gasteiger partial charge < -0.3 is 19.5 Å². The number of carbonyl (C=O) groups is 1. The van der Waals surface area contributed by atoms with Crippen LogP contribution in [0.1, 0.15) is 36.5 Å². The summed E-state index contributed by atoms with van der Waals surface area (Å²) < 4.78 is 18.0. The Morgan fingerprint density at radius 1 is 1.23 bits per heavy atom. The van der Waals surface area contributed by atoms with E-state index in [1.807, 2.05) is 37.3 Å². The molecular weight excluding hydrogens is 468 g/mol. The van der Waals surface area contributed by atoms with Gasteiger partial charge in [-0.25, -0.2) is 0 Å². The third kappa shape index (κ3) is 6.42. The molecule has 6 nitrogen and oxygen atoms in total. The lowest BCUT2D eigenvalue weighted by molar-refractivity contribution is 0.0682. The quantitative estimate of drug-likeness (QED) is 0.509. The number of rotatable bonds is 8. The van der Waals surface area contributed by atoms with Crippen LogP contribution in [0.4, 0.5) is 5.69 Å². The van der Waals surface area contributed by atoms with Gasteiger partial charge in [-0.3, -0.25) is 10.1 Å². The number of amides is 1. The summed E-state index contributed by atoms with van der Waals surface area (Å²) in [5.74, 6) is 0.817. The molecule has 0 spiro atoms. The SMILES string of the molecule is CCCOc1ccc(Br)cc1C(=O)NC(=S)Nc1ccccc1OCC1CCCO1. The fourth-order valence-corrected chi connectivity index (χ4v) is 3.56. The van der Waals surface area contributed by atoms with E-state index < -0.39 is 0 Å². The van der Waals surface area contributed by atoms with Gasteiger partial charge in [-0.05, 0) is 61.8 Å². The predicted octanol–water partition coefficient (Wildman–Crippen LogP) is 4.92. The highest BCUT2D eigenvalue weighted by Gasteiger charge is 2.18. The molecular formula is C22H25BrN2O4S. The van der Waals surface area contributed by atoms with Crippen molar-refractivity contribution in [3.63, 3.8) is 0 Å². The summed E-state index contributed by atoms with van der Waals surface area (Å²) in [5.41, 5.74) is 1.09. The second-order valence-electron chi connectivity index (χ2n) is 6.84. The lowest BCUT2D eigenvalue weighted by atomic mass is 10.2. The molecule has 0 bridgehead atoms. The molecule has 1 fully saturated rings. The number of hydrogen-bond acceptors (Lipinski definition) is 5. The highest BCUT2D eigenvalue weighted by Crippen LogP contribution is 2.26. The Kier molecular flexibility index (Phi) is 8.48. The van der Waals surface area contributed by atoms with Gasteiger partial charge in [0.05, 0.1) is 24.0 Å². The Bertz CT molecular complexity index is 887. The molecule has 1 saturated heterocycles. The first-order valence-corrected chi connectivity index (χ1v) is 11.1. The van der Waals surface area contributed by atoms with E-state index in [1.54, 1.807) is 12.1 Å². The molecule has 2 aromatic carbocycles. The summed E-state index contributed by atoms with van der Waals surface area (Å²) >= 11 is 8.75. The third-order valence-corrected chi connectivity index (χ3v) is 5.16. The fourth-order valence-electron chi connectivity index (χ4n) is 3.00. The Morgan fingerprint density at radius 2 is 2.07 bits per heavy atom. The van der Waals surface area contributed by atoms with Crippen LogP contribution in [-0.4, -0.2) is 36.9 Å². The van der Waals surface area contributed by atoms with E-state index in [0.717, 1.165) is 30.3 Å². The van der Waals surface area contributed by atoms with Crippen LogP contribution in [0.2, 0.25) is 0 Å². The van der Waals surface area contributed by atoms with Crippen molar-refractivity contribution in [2.75, 3.05) is 25.1 Å². The summed E-state index contributed by atoms with van der Waals surface area (Å²) in [6.45, 7) is 3.80. The molecule has 1 unspecified atom stereocenters. The Morgan fingerprint density at radius 3 is 2.83 bits per heavy atom. The van der Waals surface area contributed by atoms with E-state index in [1.165, 1.54) is 0 Å². The first-order chi connectivity index (χ1) is 14.6. The first-order valence-electron chi connectivity index (χ1n) is 9.95. The normalized spacial score (nSPS) is 15.5. The van der Waals surface area contributed by atoms with Crippen molar-refractivity contribution < 1.29 is 19.0 Å². The Hall–Kier alpha value is -2.16. The maximum absolute atomic E-state index is 12.8. The molecule has 3 rings (SSSR count). The number of anilines is 1. The molecule has 0 saturated carbocycles. The van der Waals surface area contributed by atoms with Gasteiger partial charge in [0.2, 0.25) is 0 Å². The van der Waals surface area contributed by atoms with Gasteiger partial charge in [0, 0.05) is 11.1 Å². The van der Waals surface area contributed by atoms with Gasteiger partial charge >= 0.3 is 0 Å². The number of carbonyl (C=O) groups excluding carboxylic acids is 1. The predicted molar refractivity (Wildman–Crippen MR) is 125 cm³/mol. The van der Waals surface area contributed by atoms with E-state index in [4.69, 9.17) is 26.4 Å². The molecule has 8 heteroatoms. The molecule has 2 N–H and O–H groups in total. The second-order valence-corrected chi connectivity index (χ2v) is 8.16. The maximum Gasteiger partial charge on any atom is 0.261 e. The first kappa shape index (κ1) is 22.5. The highest BCUT2D eigenvalue weighted by atomic mass is 79.9. The largest absolute Gasteiger partial charge is 0.493 e. The maximum atomic E-state index is 12.8. The molecule has 2 aromatic rings. The summed E-state index contributed by atoms with van der Waals surface area (Å²) in [4.78, 5) is 12.8. The zero-order valence-corrected chi connectivity index (χ0v) is 19.2. The third-order valence-electron chi connectivity index (χ3n) is 4.46. The summed E-state index contributed by atoms with van der Waals surface area (Å²) in [6, 6.07) is 12.8. The van der Waals surface area contributed by atoms with Gasteiger partial charge in [0.1, 0.15) is 18.1 Å². The van der Waals surface area contributed by atoms with Crippen LogP contribution in [0.15, 0.2) is 46.9 Å². The van der Waals surface area contributed by atoms with Crippen molar-refractivity contribution in [2.45, 2.75) is 32.3 Å². The number of nitrogens with one attached hydrogen (secondary N) is 2. The number of thiocarbonyl (C=S) groups is 1. The van der Waals surface area contributed by atoms with Crippen molar-refractivity contribution in [2.24, 2.45) is 0 Å². The summed E-state index contributed by atoms with van der Waals surface area (Å²) in [6.07, 6.45) is 3.02. The fraction of sp³-hybridized carbons (Fsp3) is 0.364. The van der Waals surface area contributed by atoms with E-state index in [2.05, 4.69) is 26.6 Å². The molecule has 0 aromatic heterocycles. The summed E-state index contributed by atoms with van der Waals surface area (Å²) in [5, 5.41) is 5.93. The topological polar surface area (TPSA) is 68.8 Å². The molecule has 160 valence electrons. The molecule has 1 aliphatic rings. The monoisotopic (exact) mass is 492 g/mol. The van der Waals surface area contributed by atoms with E-state index in [0.29, 0.717) is 36.0 Å². The standard InChI is InChI=1S/C22H25BrN2O4S/c1-2-11-28-19-10-9-15(23)13-17(19)21(26)25-22(30)24-18-7-3-4-8-20(18)29-14-16-6-5-12-27-16/h3-4,7-10,13,16H,2,5-6,11-12,14H2,1H3,(H2,24,25,26,30). The zero-order valence-electron chi connectivity index (χ0n) is 16.8. The van der Waals surface area contributed by atoms with Crippen LogP contribution in [0.5, 0.6) is 11.5 Å².